The molecule has 5 rings (SSSR count). The molecule has 5 atom stereocenters. The number of rotatable bonds is 8. The van der Waals surface area contributed by atoms with Gasteiger partial charge in [0.25, 0.3) is 0 Å². The Kier molecular flexibility index (Phi) is 5.93. The molecule has 1 aliphatic carbocycles. The highest BCUT2D eigenvalue weighted by atomic mass is 16.2. The van der Waals surface area contributed by atoms with Gasteiger partial charge in [-0.1, -0.05) is 58.0 Å². The Morgan fingerprint density at radius 1 is 1.20 bits per heavy atom. The van der Waals surface area contributed by atoms with Gasteiger partial charge in [0, 0.05) is 31.0 Å². The summed E-state index contributed by atoms with van der Waals surface area (Å²) < 4.78 is 0. The molecule has 5 nitrogen and oxygen atoms in total. The van der Waals surface area contributed by atoms with Crippen LogP contribution in [0, 0.1) is 29.6 Å². The van der Waals surface area contributed by atoms with Gasteiger partial charge in [-0.25, -0.2) is 0 Å². The average Bonchev–Trinajstić information content (AvgIpc) is 2.94. The van der Waals surface area contributed by atoms with E-state index in [4.69, 9.17) is 0 Å². The minimum Gasteiger partial charge on any atom is -0.350 e. The molecule has 4 fully saturated rings. The van der Waals surface area contributed by atoms with Crippen LogP contribution in [0.3, 0.4) is 0 Å². The van der Waals surface area contributed by atoms with Crippen molar-refractivity contribution in [3.05, 3.63) is 35.9 Å². The molecule has 1 aromatic carbocycles. The van der Waals surface area contributed by atoms with Crippen LogP contribution < -0.4 is 10.6 Å². The molecule has 0 radical (unpaired) electrons. The quantitative estimate of drug-likeness (QED) is 0.691. The largest absolute Gasteiger partial charge is 0.350 e. The fourth-order valence-electron chi connectivity index (χ4n) is 6.21. The van der Waals surface area contributed by atoms with Crippen LogP contribution in [-0.2, 0) is 16.1 Å². The van der Waals surface area contributed by atoms with Gasteiger partial charge >= 0.3 is 0 Å². The highest BCUT2D eigenvalue weighted by Gasteiger charge is 2.70. The molecule has 1 aromatic rings. The Balaban J connectivity index is 1.62. The number of benzene rings is 1. The Bertz CT molecular complexity index is 778. The second-order valence-electron chi connectivity index (χ2n) is 10.5. The van der Waals surface area contributed by atoms with E-state index in [1.807, 2.05) is 30.3 Å². The summed E-state index contributed by atoms with van der Waals surface area (Å²) in [7, 11) is 0. The van der Waals surface area contributed by atoms with E-state index in [9.17, 15) is 9.59 Å². The summed E-state index contributed by atoms with van der Waals surface area (Å²) in [5.74, 6) is 1.75. The molecule has 0 spiro atoms. The number of fused-ring (bicyclic) bond motifs is 1. The molecule has 164 valence electrons. The lowest BCUT2D eigenvalue weighted by Gasteiger charge is -2.55. The maximum Gasteiger partial charge on any atom is 0.248 e. The van der Waals surface area contributed by atoms with Gasteiger partial charge in [0.15, 0.2) is 0 Å². The Morgan fingerprint density at radius 2 is 1.93 bits per heavy atom. The van der Waals surface area contributed by atoms with Crippen molar-refractivity contribution in [3.8, 4) is 0 Å². The molecule has 2 amide bonds. The van der Waals surface area contributed by atoms with E-state index in [2.05, 4.69) is 43.2 Å². The van der Waals surface area contributed by atoms with Crippen molar-refractivity contribution in [2.75, 3.05) is 13.1 Å². The van der Waals surface area contributed by atoms with Crippen LogP contribution in [0.5, 0.6) is 0 Å². The predicted molar refractivity (Wildman–Crippen MR) is 119 cm³/mol. The molecule has 3 saturated heterocycles. The summed E-state index contributed by atoms with van der Waals surface area (Å²) in [6.07, 6.45) is 2.97. The van der Waals surface area contributed by atoms with Gasteiger partial charge < -0.3 is 10.6 Å². The maximum atomic E-state index is 13.7. The molecule has 3 heterocycles. The molecule has 5 unspecified atom stereocenters. The van der Waals surface area contributed by atoms with Crippen molar-refractivity contribution >= 4 is 11.8 Å². The zero-order valence-corrected chi connectivity index (χ0v) is 18.9. The third kappa shape index (κ3) is 3.66. The summed E-state index contributed by atoms with van der Waals surface area (Å²) in [4.78, 5) is 29.3. The zero-order chi connectivity index (χ0) is 21.5. The second kappa shape index (κ2) is 8.33. The minimum absolute atomic E-state index is 0.00801. The Labute approximate surface area is 181 Å². The molecule has 4 aliphatic rings. The van der Waals surface area contributed by atoms with Crippen LogP contribution in [0.4, 0.5) is 0 Å². The smallest absolute Gasteiger partial charge is 0.248 e. The van der Waals surface area contributed by atoms with Crippen LogP contribution in [0.1, 0.15) is 52.5 Å². The SMILES string of the molecule is CC(C)CCN1CC2CC3C(=O)NC2(C(=O)NCc2ccccc2)C1C3CC(C)C. The molecule has 1 saturated carbocycles. The van der Waals surface area contributed by atoms with Crippen LogP contribution in [0.25, 0.3) is 0 Å². The number of nitrogens with one attached hydrogen (secondary N) is 2. The Hall–Kier alpha value is -1.88. The number of piperidine rings is 2. The van der Waals surface area contributed by atoms with E-state index in [0.717, 1.165) is 37.9 Å². The normalized spacial score (nSPS) is 32.7. The Morgan fingerprint density at radius 3 is 2.60 bits per heavy atom. The van der Waals surface area contributed by atoms with E-state index in [0.29, 0.717) is 18.4 Å². The first-order valence-corrected chi connectivity index (χ1v) is 11.7. The van der Waals surface area contributed by atoms with Gasteiger partial charge in [-0.05, 0) is 49.1 Å². The summed E-state index contributed by atoms with van der Waals surface area (Å²) in [5, 5.41) is 6.44. The van der Waals surface area contributed by atoms with Crippen LogP contribution in [0.15, 0.2) is 30.3 Å². The summed E-state index contributed by atoms with van der Waals surface area (Å²) in [6.45, 7) is 11.4. The first-order chi connectivity index (χ1) is 14.3. The van der Waals surface area contributed by atoms with Crippen LogP contribution >= 0.6 is 0 Å². The third-order valence-corrected chi connectivity index (χ3v) is 7.50. The summed E-state index contributed by atoms with van der Waals surface area (Å²) in [5.41, 5.74) is 0.303. The van der Waals surface area contributed by atoms with Crippen LogP contribution in [0.2, 0.25) is 0 Å². The van der Waals surface area contributed by atoms with Crippen molar-refractivity contribution < 1.29 is 9.59 Å². The van der Waals surface area contributed by atoms with Crippen molar-refractivity contribution in [2.24, 2.45) is 29.6 Å². The number of likely N-dealkylation sites (tertiary alicyclic amines) is 1. The number of carbonyl (C=O) groups is 2. The molecule has 0 aromatic heterocycles. The molecule has 2 N–H and O–H groups in total. The molecule has 30 heavy (non-hydrogen) atoms. The lowest BCUT2D eigenvalue weighted by Crippen LogP contribution is -2.77. The first kappa shape index (κ1) is 21.4. The van der Waals surface area contributed by atoms with Gasteiger partial charge in [-0.15, -0.1) is 0 Å². The fourth-order valence-corrected chi connectivity index (χ4v) is 6.21. The number of hydrogen-bond acceptors (Lipinski definition) is 3. The highest BCUT2D eigenvalue weighted by molar-refractivity contribution is 5.97. The van der Waals surface area contributed by atoms with Gasteiger partial charge in [0.05, 0.1) is 0 Å². The summed E-state index contributed by atoms with van der Waals surface area (Å²) in [6, 6.07) is 10.1. The van der Waals surface area contributed by atoms with Crippen molar-refractivity contribution in [1.29, 1.82) is 0 Å². The van der Waals surface area contributed by atoms with E-state index in [1.54, 1.807) is 0 Å². The molecule has 5 heteroatoms. The van der Waals surface area contributed by atoms with E-state index < -0.39 is 5.54 Å². The van der Waals surface area contributed by atoms with E-state index in [-0.39, 0.29) is 35.6 Å². The van der Waals surface area contributed by atoms with Crippen molar-refractivity contribution in [1.82, 2.24) is 15.5 Å². The fraction of sp³-hybridized carbons (Fsp3) is 0.680. The number of nitrogens with zero attached hydrogens (tertiary/aromatic N) is 1. The second-order valence-corrected chi connectivity index (χ2v) is 10.5. The highest BCUT2D eigenvalue weighted by Crippen LogP contribution is 2.54. The molecule has 4 bridgehead atoms. The maximum absolute atomic E-state index is 13.7. The van der Waals surface area contributed by atoms with E-state index >= 15 is 0 Å². The van der Waals surface area contributed by atoms with Crippen LogP contribution in [-0.4, -0.2) is 41.4 Å². The average molecular weight is 412 g/mol. The minimum atomic E-state index is -0.781. The zero-order valence-electron chi connectivity index (χ0n) is 18.9. The molecular formula is C25H37N3O2. The molecular weight excluding hydrogens is 374 g/mol. The topological polar surface area (TPSA) is 61.4 Å². The van der Waals surface area contributed by atoms with Crippen molar-refractivity contribution in [2.45, 2.75) is 65.1 Å². The predicted octanol–water partition coefficient (Wildman–Crippen LogP) is 3.20. The van der Waals surface area contributed by atoms with Gasteiger partial charge in [0.2, 0.25) is 11.8 Å². The first-order valence-electron chi connectivity index (χ1n) is 11.7. The van der Waals surface area contributed by atoms with Gasteiger partial charge in [0.1, 0.15) is 5.54 Å². The van der Waals surface area contributed by atoms with Gasteiger partial charge in [-0.3, -0.25) is 14.5 Å². The standard InChI is InChI=1S/C25H37N3O2/c1-16(2)10-11-28-15-19-13-21-20(12-17(3)4)22(28)25(19,27-23(21)29)24(30)26-14-18-8-6-5-7-9-18/h5-9,16-17,19-22H,10-15H2,1-4H3,(H,26,30)(H,27,29). The third-order valence-electron chi connectivity index (χ3n) is 7.50. The monoisotopic (exact) mass is 411 g/mol. The van der Waals surface area contributed by atoms with E-state index in [1.165, 1.54) is 0 Å². The number of hydrogen-bond donors (Lipinski definition) is 2. The van der Waals surface area contributed by atoms with Gasteiger partial charge in [-0.2, -0.15) is 0 Å². The lowest BCUT2D eigenvalue weighted by atomic mass is 9.57. The lowest BCUT2D eigenvalue weighted by molar-refractivity contribution is -0.155. The molecule has 3 aliphatic heterocycles. The van der Waals surface area contributed by atoms with Crippen molar-refractivity contribution in [3.63, 3.8) is 0 Å². The number of carbonyl (C=O) groups excluding carboxylic acids is 2. The summed E-state index contributed by atoms with van der Waals surface area (Å²) >= 11 is 0. The number of amides is 2.